The van der Waals surface area contributed by atoms with E-state index in [0.29, 0.717) is 11.4 Å². The molecule has 0 radical (unpaired) electrons. The van der Waals surface area contributed by atoms with Gasteiger partial charge in [0.1, 0.15) is 11.6 Å². The minimum atomic E-state index is -0.660. The number of hydrogen-bond donors (Lipinski definition) is 3. The highest BCUT2D eigenvalue weighted by atomic mass is 16.5. The lowest BCUT2D eigenvalue weighted by molar-refractivity contribution is -0.112. The van der Waals surface area contributed by atoms with Crippen LogP contribution in [-0.4, -0.2) is 18.5 Å². The number of rotatable bonds is 6. The Kier molecular flexibility index (Phi) is 6.55. The van der Waals surface area contributed by atoms with E-state index in [2.05, 4.69) is 10.6 Å². The van der Waals surface area contributed by atoms with Crippen LogP contribution in [0, 0.1) is 18.3 Å². The molecule has 0 spiro atoms. The average molecular weight is 364 g/mol. The Morgan fingerprint density at radius 2 is 1.96 bits per heavy atom. The van der Waals surface area contributed by atoms with E-state index in [0.717, 1.165) is 5.56 Å². The van der Waals surface area contributed by atoms with E-state index in [4.69, 9.17) is 10.5 Å². The summed E-state index contributed by atoms with van der Waals surface area (Å²) in [5.41, 5.74) is 8.27. The first kappa shape index (κ1) is 19.5. The molecular weight excluding hydrogens is 344 g/mol. The molecule has 4 N–H and O–H groups in total. The molecule has 0 saturated carbocycles. The van der Waals surface area contributed by atoms with Crippen molar-refractivity contribution in [3.8, 4) is 6.07 Å². The van der Waals surface area contributed by atoms with Gasteiger partial charge in [-0.2, -0.15) is 5.26 Å². The van der Waals surface area contributed by atoms with Crippen LogP contribution in [0.2, 0.25) is 0 Å². The van der Waals surface area contributed by atoms with E-state index in [1.807, 2.05) is 19.1 Å². The van der Waals surface area contributed by atoms with Gasteiger partial charge in [0.2, 0.25) is 0 Å². The molecule has 2 aromatic rings. The lowest BCUT2D eigenvalue weighted by Gasteiger charge is -2.10. The molecule has 2 rings (SSSR count). The minimum Gasteiger partial charge on any atom is -0.462 e. The number of nitrogens with zero attached hydrogens (tertiary/aromatic N) is 1. The molecule has 7 heteroatoms. The smallest absolute Gasteiger partial charge is 0.340 e. The Labute approximate surface area is 157 Å². The summed E-state index contributed by atoms with van der Waals surface area (Å²) < 4.78 is 4.97. The zero-order valence-electron chi connectivity index (χ0n) is 15.1. The van der Waals surface area contributed by atoms with Crippen molar-refractivity contribution in [1.29, 1.82) is 5.26 Å². The van der Waals surface area contributed by atoms with E-state index in [1.54, 1.807) is 37.3 Å². The second kappa shape index (κ2) is 9.06. The summed E-state index contributed by atoms with van der Waals surface area (Å²) in [4.78, 5) is 24.4. The Bertz CT molecular complexity index is 929. The molecule has 138 valence electrons. The molecule has 0 aromatic heterocycles. The molecular formula is C20H20N4O3. The van der Waals surface area contributed by atoms with Gasteiger partial charge < -0.3 is 21.1 Å². The largest absolute Gasteiger partial charge is 0.462 e. The monoisotopic (exact) mass is 364 g/mol. The predicted octanol–water partition coefficient (Wildman–Crippen LogP) is 3.21. The number of aryl methyl sites for hydroxylation is 1. The van der Waals surface area contributed by atoms with Crippen LogP contribution in [0.25, 0.3) is 0 Å². The zero-order valence-corrected chi connectivity index (χ0v) is 15.1. The summed E-state index contributed by atoms with van der Waals surface area (Å²) in [5.74, 6) is -1.21. The summed E-state index contributed by atoms with van der Waals surface area (Å²) in [7, 11) is 0. The van der Waals surface area contributed by atoms with Crippen LogP contribution < -0.4 is 16.4 Å². The summed E-state index contributed by atoms with van der Waals surface area (Å²) in [6, 6.07) is 13.6. The SMILES string of the molecule is CCOC(=O)c1ccccc1NC(=O)/C(C#N)=C\Nc1ccc(C)cc1N. The van der Waals surface area contributed by atoms with E-state index in [-0.39, 0.29) is 23.4 Å². The first-order chi connectivity index (χ1) is 13.0. The molecule has 0 aliphatic heterocycles. The van der Waals surface area contributed by atoms with E-state index in [1.165, 1.54) is 12.3 Å². The number of carbonyl (C=O) groups excluding carboxylic acids is 2. The fourth-order valence-electron chi connectivity index (χ4n) is 2.28. The van der Waals surface area contributed by atoms with Crippen LogP contribution in [0.1, 0.15) is 22.8 Å². The quantitative estimate of drug-likeness (QED) is 0.314. The number of hydrogen-bond acceptors (Lipinski definition) is 6. The minimum absolute atomic E-state index is 0.173. The van der Waals surface area contributed by atoms with E-state index in [9.17, 15) is 14.9 Å². The third-order valence-corrected chi connectivity index (χ3v) is 3.61. The molecule has 2 aromatic carbocycles. The van der Waals surface area contributed by atoms with Crippen molar-refractivity contribution in [3.05, 3.63) is 65.4 Å². The van der Waals surface area contributed by atoms with Crippen molar-refractivity contribution < 1.29 is 14.3 Å². The molecule has 0 aliphatic rings. The summed E-state index contributed by atoms with van der Waals surface area (Å²) in [5, 5.41) is 14.7. The summed E-state index contributed by atoms with van der Waals surface area (Å²) in [6.45, 7) is 3.82. The molecule has 0 atom stereocenters. The third-order valence-electron chi connectivity index (χ3n) is 3.61. The zero-order chi connectivity index (χ0) is 19.8. The van der Waals surface area contributed by atoms with Gasteiger partial charge in [-0.1, -0.05) is 18.2 Å². The number of ether oxygens (including phenoxy) is 1. The molecule has 7 nitrogen and oxygen atoms in total. The molecule has 0 unspecified atom stereocenters. The summed E-state index contributed by atoms with van der Waals surface area (Å²) >= 11 is 0. The lowest BCUT2D eigenvalue weighted by atomic mass is 10.1. The Morgan fingerprint density at radius 3 is 2.63 bits per heavy atom. The molecule has 0 fully saturated rings. The van der Waals surface area contributed by atoms with Gasteiger partial charge in [0.15, 0.2) is 0 Å². The van der Waals surface area contributed by atoms with Crippen LogP contribution in [0.5, 0.6) is 0 Å². The number of carbonyl (C=O) groups is 2. The Morgan fingerprint density at radius 1 is 1.22 bits per heavy atom. The predicted molar refractivity (Wildman–Crippen MR) is 104 cm³/mol. The number of nitrogens with two attached hydrogens (primary N) is 1. The molecule has 0 bridgehead atoms. The topological polar surface area (TPSA) is 117 Å². The van der Waals surface area contributed by atoms with Gasteiger partial charge >= 0.3 is 5.97 Å². The van der Waals surface area contributed by atoms with Crippen molar-refractivity contribution in [3.63, 3.8) is 0 Å². The number of anilines is 3. The van der Waals surface area contributed by atoms with E-state index < -0.39 is 11.9 Å². The lowest BCUT2D eigenvalue weighted by Crippen LogP contribution is -2.17. The number of nitrogen functional groups attached to an aromatic ring is 1. The molecule has 27 heavy (non-hydrogen) atoms. The van der Waals surface area contributed by atoms with Gasteiger partial charge in [0.25, 0.3) is 5.91 Å². The molecule has 0 saturated heterocycles. The number of esters is 1. The number of nitrogens with one attached hydrogen (secondary N) is 2. The highest BCUT2D eigenvalue weighted by Gasteiger charge is 2.16. The van der Waals surface area contributed by atoms with Crippen molar-refractivity contribution in [2.75, 3.05) is 23.0 Å². The highest BCUT2D eigenvalue weighted by Crippen LogP contribution is 2.20. The van der Waals surface area contributed by atoms with Gasteiger partial charge in [-0.25, -0.2) is 4.79 Å². The van der Waals surface area contributed by atoms with Crippen LogP contribution in [0.3, 0.4) is 0 Å². The van der Waals surface area contributed by atoms with Crippen molar-refractivity contribution in [2.24, 2.45) is 0 Å². The molecule has 0 aliphatic carbocycles. The standard InChI is InChI=1S/C20H20N4O3/c1-3-27-20(26)15-6-4-5-7-17(15)24-19(25)14(11-21)12-23-18-9-8-13(2)10-16(18)22/h4-10,12,23H,3,22H2,1-2H3,(H,24,25)/b14-12-. The number of amides is 1. The number of benzene rings is 2. The molecule has 1 amide bonds. The maximum atomic E-state index is 12.4. The van der Waals surface area contributed by atoms with Crippen LogP contribution in [0.15, 0.2) is 54.2 Å². The van der Waals surface area contributed by atoms with Crippen molar-refractivity contribution in [2.45, 2.75) is 13.8 Å². The Hall–Kier alpha value is -3.79. The van der Waals surface area contributed by atoms with Gasteiger partial charge in [-0.15, -0.1) is 0 Å². The fraction of sp³-hybridized carbons (Fsp3) is 0.150. The maximum Gasteiger partial charge on any atom is 0.340 e. The van der Waals surface area contributed by atoms with Gasteiger partial charge in [0, 0.05) is 6.20 Å². The van der Waals surface area contributed by atoms with Gasteiger partial charge in [-0.3, -0.25) is 4.79 Å². The number of nitriles is 1. The Balaban J connectivity index is 2.18. The van der Waals surface area contributed by atoms with Crippen LogP contribution >= 0.6 is 0 Å². The highest BCUT2D eigenvalue weighted by molar-refractivity contribution is 6.09. The summed E-state index contributed by atoms with van der Waals surface area (Å²) in [6.07, 6.45) is 1.27. The normalized spacial score (nSPS) is 10.6. The number of para-hydroxylation sites is 1. The first-order valence-corrected chi connectivity index (χ1v) is 8.26. The third kappa shape index (κ3) is 5.09. The second-order valence-corrected chi connectivity index (χ2v) is 5.63. The van der Waals surface area contributed by atoms with Crippen molar-refractivity contribution in [1.82, 2.24) is 0 Å². The van der Waals surface area contributed by atoms with Crippen LogP contribution in [-0.2, 0) is 9.53 Å². The van der Waals surface area contributed by atoms with E-state index >= 15 is 0 Å². The van der Waals surface area contributed by atoms with Gasteiger partial charge in [0.05, 0.1) is 29.2 Å². The first-order valence-electron chi connectivity index (χ1n) is 8.26. The van der Waals surface area contributed by atoms with Gasteiger partial charge in [-0.05, 0) is 43.7 Å². The van der Waals surface area contributed by atoms with Crippen LogP contribution in [0.4, 0.5) is 17.1 Å². The fourth-order valence-corrected chi connectivity index (χ4v) is 2.28. The molecule has 0 heterocycles. The average Bonchev–Trinajstić information content (AvgIpc) is 2.64. The maximum absolute atomic E-state index is 12.4. The second-order valence-electron chi connectivity index (χ2n) is 5.63. The van der Waals surface area contributed by atoms with Crippen molar-refractivity contribution >= 4 is 28.9 Å².